The Balaban J connectivity index is 3.54. The molecule has 0 atom stereocenters. The van der Waals surface area contributed by atoms with Crippen molar-refractivity contribution in [3.8, 4) is 0 Å². The van der Waals surface area contributed by atoms with Crippen LogP contribution in [-0.2, 0) is 13.1 Å². The highest BCUT2D eigenvalue weighted by atomic mass is 79.9. The van der Waals surface area contributed by atoms with Crippen LogP contribution in [0.3, 0.4) is 0 Å². The fourth-order valence-electron chi connectivity index (χ4n) is 1.60. The van der Waals surface area contributed by atoms with Crippen LogP contribution >= 0.6 is 15.9 Å². The Morgan fingerprint density at radius 3 is 2.42 bits per heavy atom. The van der Waals surface area contributed by atoms with Crippen molar-refractivity contribution < 1.29 is 4.92 Å². The molecular formula is C11H16BrN3O4. The van der Waals surface area contributed by atoms with Crippen molar-refractivity contribution in [3.05, 3.63) is 37.1 Å². The van der Waals surface area contributed by atoms with E-state index in [4.69, 9.17) is 0 Å². The average Bonchev–Trinajstić information content (AvgIpc) is 2.34. The molecule has 0 aliphatic rings. The van der Waals surface area contributed by atoms with Gasteiger partial charge in [0.2, 0.25) is 0 Å². The number of nitrogens with zero attached hydrogens (tertiary/aromatic N) is 3. The van der Waals surface area contributed by atoms with E-state index in [0.29, 0.717) is 5.33 Å². The van der Waals surface area contributed by atoms with E-state index in [2.05, 4.69) is 15.9 Å². The van der Waals surface area contributed by atoms with E-state index in [1.165, 1.54) is 4.57 Å². The number of alkyl halides is 1. The van der Waals surface area contributed by atoms with Crippen LogP contribution in [0.1, 0.15) is 20.8 Å². The third kappa shape index (κ3) is 3.31. The van der Waals surface area contributed by atoms with E-state index in [1.54, 1.807) is 6.92 Å². The topological polar surface area (TPSA) is 87.1 Å². The van der Waals surface area contributed by atoms with Gasteiger partial charge < -0.3 is 0 Å². The number of hydrogen-bond donors (Lipinski definition) is 0. The maximum atomic E-state index is 12.1. The van der Waals surface area contributed by atoms with Gasteiger partial charge >= 0.3 is 16.9 Å². The molecule has 0 fully saturated rings. The second-order valence-corrected chi connectivity index (χ2v) is 5.59. The molecule has 0 unspecified atom stereocenters. The van der Waals surface area contributed by atoms with Crippen molar-refractivity contribution in [1.29, 1.82) is 0 Å². The van der Waals surface area contributed by atoms with Gasteiger partial charge in [-0.3, -0.25) is 24.0 Å². The Hall–Kier alpha value is -1.44. The van der Waals surface area contributed by atoms with Crippen molar-refractivity contribution in [2.45, 2.75) is 33.9 Å². The van der Waals surface area contributed by atoms with E-state index < -0.39 is 21.9 Å². The molecule has 0 radical (unpaired) electrons. The van der Waals surface area contributed by atoms with Gasteiger partial charge in [-0.15, -0.1) is 0 Å². The molecule has 0 saturated heterocycles. The van der Waals surface area contributed by atoms with Gasteiger partial charge in [-0.2, -0.15) is 0 Å². The highest BCUT2D eigenvalue weighted by Gasteiger charge is 2.24. The van der Waals surface area contributed by atoms with Crippen LogP contribution in [0.15, 0.2) is 15.8 Å². The number of hydrogen-bond acceptors (Lipinski definition) is 4. The lowest BCUT2D eigenvalue weighted by atomic mass is 9.97. The van der Waals surface area contributed by atoms with Gasteiger partial charge in [-0.05, 0) is 12.3 Å². The summed E-state index contributed by atoms with van der Waals surface area (Å²) in [6.45, 7) is 5.81. The van der Waals surface area contributed by atoms with E-state index in [0.717, 1.165) is 10.8 Å². The first-order chi connectivity index (χ1) is 8.73. The minimum atomic E-state index is -0.853. The molecule has 0 spiro atoms. The summed E-state index contributed by atoms with van der Waals surface area (Å²) in [5.74, 6) is 0. The lowest BCUT2D eigenvalue weighted by molar-refractivity contribution is -0.387. The summed E-state index contributed by atoms with van der Waals surface area (Å²) in [6, 6.07) is 0. The molecule has 106 valence electrons. The first kappa shape index (κ1) is 15.6. The van der Waals surface area contributed by atoms with Crippen LogP contribution in [0.2, 0.25) is 0 Å². The maximum Gasteiger partial charge on any atom is 0.350 e. The summed E-state index contributed by atoms with van der Waals surface area (Å²) in [7, 11) is 0. The zero-order valence-electron chi connectivity index (χ0n) is 11.1. The van der Waals surface area contributed by atoms with Gasteiger partial charge in [-0.25, -0.2) is 4.79 Å². The summed E-state index contributed by atoms with van der Waals surface area (Å²) in [5, 5.41) is 11.4. The summed E-state index contributed by atoms with van der Waals surface area (Å²) < 4.78 is 2.10. The Labute approximate surface area is 118 Å². The second-order valence-electron chi connectivity index (χ2n) is 5.03. The SMILES string of the molecule is CCn1cc([N+](=O)[O-])c(=O)n(CC(C)(C)CBr)c1=O. The molecular weight excluding hydrogens is 318 g/mol. The van der Waals surface area contributed by atoms with E-state index >= 15 is 0 Å². The number of aryl methyl sites for hydroxylation is 1. The molecule has 0 aliphatic heterocycles. The fraction of sp³-hybridized carbons (Fsp3) is 0.636. The first-order valence-electron chi connectivity index (χ1n) is 5.78. The summed E-state index contributed by atoms with van der Waals surface area (Å²) >= 11 is 3.30. The minimum absolute atomic E-state index is 0.123. The molecule has 1 aromatic rings. The fourth-order valence-corrected chi connectivity index (χ4v) is 1.78. The number of rotatable bonds is 5. The Morgan fingerprint density at radius 2 is 2.00 bits per heavy atom. The number of aromatic nitrogens is 2. The standard InChI is InChI=1S/C11H16BrN3O4/c1-4-13-5-8(15(18)19)9(16)14(10(13)17)7-11(2,3)6-12/h5H,4,6-7H2,1-3H3. The molecule has 0 bridgehead atoms. The molecule has 0 amide bonds. The monoisotopic (exact) mass is 333 g/mol. The first-order valence-corrected chi connectivity index (χ1v) is 6.90. The molecule has 0 aliphatic carbocycles. The molecule has 19 heavy (non-hydrogen) atoms. The number of halogens is 1. The summed E-state index contributed by atoms with van der Waals surface area (Å²) in [4.78, 5) is 34.2. The van der Waals surface area contributed by atoms with E-state index in [1.807, 2.05) is 13.8 Å². The molecule has 0 saturated carbocycles. The Bertz CT molecular complexity index is 603. The van der Waals surface area contributed by atoms with Gasteiger partial charge in [0.1, 0.15) is 0 Å². The highest BCUT2D eigenvalue weighted by Crippen LogP contribution is 2.19. The number of nitro groups is 1. The van der Waals surface area contributed by atoms with E-state index in [-0.39, 0.29) is 18.5 Å². The third-order valence-electron chi connectivity index (χ3n) is 2.70. The quantitative estimate of drug-likeness (QED) is 0.462. The summed E-state index contributed by atoms with van der Waals surface area (Å²) in [6.07, 6.45) is 1.00. The highest BCUT2D eigenvalue weighted by molar-refractivity contribution is 9.09. The molecule has 1 aromatic heterocycles. The second kappa shape index (κ2) is 5.68. The van der Waals surface area contributed by atoms with Crippen molar-refractivity contribution in [2.75, 3.05) is 5.33 Å². The Morgan fingerprint density at radius 1 is 1.42 bits per heavy atom. The van der Waals surface area contributed by atoms with Crippen LogP contribution in [-0.4, -0.2) is 19.4 Å². The van der Waals surface area contributed by atoms with Crippen molar-refractivity contribution in [2.24, 2.45) is 5.41 Å². The van der Waals surface area contributed by atoms with Crippen molar-refractivity contribution >= 4 is 21.6 Å². The predicted molar refractivity (Wildman–Crippen MR) is 74.9 cm³/mol. The van der Waals surface area contributed by atoms with Crippen LogP contribution < -0.4 is 11.2 Å². The zero-order valence-corrected chi connectivity index (χ0v) is 12.6. The largest absolute Gasteiger partial charge is 0.350 e. The molecule has 8 heteroatoms. The summed E-state index contributed by atoms with van der Waals surface area (Å²) in [5.41, 5.74) is -2.31. The lowest BCUT2D eigenvalue weighted by Crippen LogP contribution is -2.43. The average molecular weight is 334 g/mol. The van der Waals surface area contributed by atoms with Gasteiger partial charge in [-0.1, -0.05) is 29.8 Å². The molecule has 1 heterocycles. The van der Waals surface area contributed by atoms with E-state index in [9.17, 15) is 19.7 Å². The van der Waals surface area contributed by atoms with Crippen molar-refractivity contribution in [1.82, 2.24) is 9.13 Å². The van der Waals surface area contributed by atoms with Crippen LogP contribution in [0, 0.1) is 15.5 Å². The van der Waals surface area contributed by atoms with Crippen LogP contribution in [0.4, 0.5) is 5.69 Å². The molecule has 0 N–H and O–H groups in total. The normalized spacial score (nSPS) is 11.6. The minimum Gasteiger partial charge on any atom is -0.294 e. The van der Waals surface area contributed by atoms with Crippen molar-refractivity contribution in [3.63, 3.8) is 0 Å². The van der Waals surface area contributed by atoms with Crippen LogP contribution in [0.5, 0.6) is 0 Å². The Kier molecular flexibility index (Phi) is 4.67. The molecule has 1 rings (SSSR count). The maximum absolute atomic E-state index is 12.1. The van der Waals surface area contributed by atoms with Crippen LogP contribution in [0.25, 0.3) is 0 Å². The molecule has 0 aromatic carbocycles. The third-order valence-corrected chi connectivity index (χ3v) is 4.22. The molecule has 7 nitrogen and oxygen atoms in total. The lowest BCUT2D eigenvalue weighted by Gasteiger charge is -2.22. The predicted octanol–water partition coefficient (Wildman–Crippen LogP) is 1.36. The zero-order chi connectivity index (χ0) is 14.8. The smallest absolute Gasteiger partial charge is 0.294 e. The van der Waals surface area contributed by atoms with Gasteiger partial charge in [0.25, 0.3) is 0 Å². The van der Waals surface area contributed by atoms with Gasteiger partial charge in [0, 0.05) is 18.4 Å². The van der Waals surface area contributed by atoms with Gasteiger partial charge in [0.15, 0.2) is 0 Å². The van der Waals surface area contributed by atoms with Gasteiger partial charge in [0.05, 0.1) is 11.1 Å².